The molecule has 9 heteroatoms. The molecule has 0 aliphatic carbocycles. The van der Waals surface area contributed by atoms with Crippen LogP contribution in [-0.4, -0.2) is 36.4 Å². The van der Waals surface area contributed by atoms with Gasteiger partial charge in [-0.3, -0.25) is 14.3 Å². The van der Waals surface area contributed by atoms with Gasteiger partial charge < -0.3 is 5.32 Å². The van der Waals surface area contributed by atoms with Gasteiger partial charge in [-0.05, 0) is 48.2 Å². The highest BCUT2D eigenvalue weighted by molar-refractivity contribution is 7.99. The zero-order valence-electron chi connectivity index (χ0n) is 18.3. The van der Waals surface area contributed by atoms with E-state index in [0.717, 1.165) is 24.1 Å². The Morgan fingerprint density at radius 2 is 1.79 bits per heavy atom. The Balaban J connectivity index is 1.71. The van der Waals surface area contributed by atoms with Crippen molar-refractivity contribution in [2.75, 3.05) is 11.1 Å². The van der Waals surface area contributed by atoms with Gasteiger partial charge in [0.1, 0.15) is 0 Å². The number of carbonyl (C=O) groups is 1. The highest BCUT2D eigenvalue weighted by atomic mass is 35.5. The second-order valence-corrected chi connectivity index (χ2v) is 8.49. The van der Waals surface area contributed by atoms with Crippen molar-refractivity contribution in [3.05, 3.63) is 77.3 Å². The van der Waals surface area contributed by atoms with E-state index in [2.05, 4.69) is 57.5 Å². The molecule has 7 nitrogen and oxygen atoms in total. The summed E-state index contributed by atoms with van der Waals surface area (Å²) in [7, 11) is 0. The van der Waals surface area contributed by atoms with Crippen LogP contribution < -0.4 is 5.32 Å². The molecule has 0 aliphatic rings. The first-order valence-electron chi connectivity index (χ1n) is 10.6. The van der Waals surface area contributed by atoms with Crippen LogP contribution >= 0.6 is 23.4 Å². The van der Waals surface area contributed by atoms with E-state index in [0.29, 0.717) is 16.7 Å². The molecule has 0 aliphatic heterocycles. The molecule has 168 valence electrons. The number of hydrogen-bond acceptors (Lipinski definition) is 6. The van der Waals surface area contributed by atoms with Gasteiger partial charge in [0.15, 0.2) is 16.1 Å². The summed E-state index contributed by atoms with van der Waals surface area (Å²) in [6.45, 7) is 4.26. The van der Waals surface area contributed by atoms with Crippen LogP contribution in [0, 0.1) is 0 Å². The van der Waals surface area contributed by atoms with Crippen molar-refractivity contribution >= 4 is 35.0 Å². The Hall–Kier alpha value is -3.23. The van der Waals surface area contributed by atoms with Crippen LogP contribution in [0.15, 0.2) is 66.2 Å². The monoisotopic (exact) mass is 478 g/mol. The van der Waals surface area contributed by atoms with Gasteiger partial charge >= 0.3 is 0 Å². The van der Waals surface area contributed by atoms with Gasteiger partial charge in [0.25, 0.3) is 0 Å². The third-order valence-corrected chi connectivity index (χ3v) is 6.34. The smallest absolute Gasteiger partial charge is 0.234 e. The molecule has 1 aromatic carbocycles. The lowest BCUT2D eigenvalue weighted by atomic mass is 10.0. The summed E-state index contributed by atoms with van der Waals surface area (Å²) in [5, 5.41) is 12.6. The van der Waals surface area contributed by atoms with Crippen molar-refractivity contribution in [3.8, 4) is 17.1 Å². The standard InChI is InChI=1S/C24H23ClN6OS/c1-3-16-8-5-9-17(4-2)21(16)31-23(18-10-6-12-26-14-18)29-30-24(31)33-15-20(32)28-19-11-7-13-27-22(19)25/h5-14H,3-4,15H2,1-2H3,(H,28,32). The van der Waals surface area contributed by atoms with Crippen LogP contribution in [0.25, 0.3) is 17.1 Å². The van der Waals surface area contributed by atoms with Crippen molar-refractivity contribution in [1.82, 2.24) is 24.7 Å². The summed E-state index contributed by atoms with van der Waals surface area (Å²) in [6.07, 6.45) is 6.79. The van der Waals surface area contributed by atoms with Crippen LogP contribution in [0.2, 0.25) is 5.15 Å². The molecule has 1 amide bonds. The summed E-state index contributed by atoms with van der Waals surface area (Å²) in [6, 6.07) is 13.6. The Morgan fingerprint density at radius 1 is 1.03 bits per heavy atom. The van der Waals surface area contributed by atoms with E-state index >= 15 is 0 Å². The number of anilines is 1. The van der Waals surface area contributed by atoms with Crippen LogP contribution in [0.3, 0.4) is 0 Å². The zero-order valence-corrected chi connectivity index (χ0v) is 19.9. The molecule has 0 saturated heterocycles. The summed E-state index contributed by atoms with van der Waals surface area (Å²) in [5.41, 5.74) is 4.77. The molecule has 4 rings (SSSR count). The predicted octanol–water partition coefficient (Wildman–Crippen LogP) is 5.23. The number of para-hydroxylation sites is 1. The fourth-order valence-electron chi connectivity index (χ4n) is 3.54. The number of carbonyl (C=O) groups excluding carboxylic acids is 1. The average Bonchev–Trinajstić information content (AvgIpc) is 3.27. The number of aromatic nitrogens is 5. The minimum absolute atomic E-state index is 0.145. The molecular weight excluding hydrogens is 456 g/mol. The van der Waals surface area contributed by atoms with Crippen molar-refractivity contribution in [2.24, 2.45) is 0 Å². The highest BCUT2D eigenvalue weighted by Crippen LogP contribution is 2.32. The van der Waals surface area contributed by atoms with Gasteiger partial charge in [0.2, 0.25) is 5.91 Å². The summed E-state index contributed by atoms with van der Waals surface area (Å²) >= 11 is 7.39. The van der Waals surface area contributed by atoms with Crippen LogP contribution in [0.4, 0.5) is 5.69 Å². The Bertz CT molecular complexity index is 1240. The van der Waals surface area contributed by atoms with E-state index in [1.54, 1.807) is 30.7 Å². The lowest BCUT2D eigenvalue weighted by Crippen LogP contribution is -2.15. The number of halogens is 1. The van der Waals surface area contributed by atoms with Gasteiger partial charge in [-0.25, -0.2) is 4.98 Å². The summed E-state index contributed by atoms with van der Waals surface area (Å²) in [4.78, 5) is 20.9. The Labute approximate surface area is 201 Å². The third kappa shape index (κ3) is 5.07. The van der Waals surface area contributed by atoms with Gasteiger partial charge in [0, 0.05) is 24.2 Å². The molecule has 0 saturated carbocycles. The maximum absolute atomic E-state index is 12.6. The molecule has 1 N–H and O–H groups in total. The first-order chi connectivity index (χ1) is 16.1. The molecule has 3 aromatic heterocycles. The van der Waals surface area contributed by atoms with Gasteiger partial charge in [-0.15, -0.1) is 10.2 Å². The van der Waals surface area contributed by atoms with Gasteiger partial charge in [-0.1, -0.05) is 55.4 Å². The normalized spacial score (nSPS) is 10.9. The number of hydrogen-bond donors (Lipinski definition) is 1. The molecular formula is C24H23ClN6OS. The fourth-order valence-corrected chi connectivity index (χ4v) is 4.45. The molecule has 0 radical (unpaired) electrons. The Morgan fingerprint density at radius 3 is 2.45 bits per heavy atom. The number of rotatable bonds is 8. The minimum atomic E-state index is -0.202. The topological polar surface area (TPSA) is 85.6 Å². The highest BCUT2D eigenvalue weighted by Gasteiger charge is 2.21. The van der Waals surface area contributed by atoms with Crippen LogP contribution in [0.5, 0.6) is 0 Å². The van der Waals surface area contributed by atoms with Crippen LogP contribution in [0.1, 0.15) is 25.0 Å². The van der Waals surface area contributed by atoms with E-state index in [1.807, 2.05) is 16.7 Å². The number of pyridine rings is 2. The first kappa shape index (κ1) is 22.9. The predicted molar refractivity (Wildman–Crippen MR) is 132 cm³/mol. The van der Waals surface area contributed by atoms with E-state index < -0.39 is 0 Å². The molecule has 0 atom stereocenters. The molecule has 3 heterocycles. The number of amides is 1. The maximum Gasteiger partial charge on any atom is 0.234 e. The zero-order chi connectivity index (χ0) is 23.2. The molecule has 0 fully saturated rings. The maximum atomic E-state index is 12.6. The van der Waals surface area contributed by atoms with Crippen molar-refractivity contribution in [1.29, 1.82) is 0 Å². The lowest BCUT2D eigenvalue weighted by molar-refractivity contribution is -0.113. The molecule has 0 unspecified atom stereocenters. The number of thioether (sulfide) groups is 1. The molecule has 0 bridgehead atoms. The molecule has 4 aromatic rings. The van der Waals surface area contributed by atoms with Gasteiger partial charge in [0.05, 0.1) is 17.1 Å². The fraction of sp³-hybridized carbons (Fsp3) is 0.208. The summed E-state index contributed by atoms with van der Waals surface area (Å²) in [5.74, 6) is 0.635. The van der Waals surface area contributed by atoms with E-state index in [9.17, 15) is 4.79 Å². The third-order valence-electron chi connectivity index (χ3n) is 5.11. The number of benzene rings is 1. The van der Waals surface area contributed by atoms with E-state index in [-0.39, 0.29) is 16.8 Å². The number of nitrogens with zero attached hydrogens (tertiary/aromatic N) is 5. The van der Waals surface area contributed by atoms with E-state index in [1.165, 1.54) is 22.9 Å². The largest absolute Gasteiger partial charge is 0.323 e. The molecule has 0 spiro atoms. The van der Waals surface area contributed by atoms with Crippen LogP contribution in [-0.2, 0) is 17.6 Å². The quantitative estimate of drug-likeness (QED) is 0.275. The average molecular weight is 479 g/mol. The Kier molecular flexibility index (Phi) is 7.36. The van der Waals surface area contributed by atoms with Crippen molar-refractivity contribution in [3.63, 3.8) is 0 Å². The first-order valence-corrected chi connectivity index (χ1v) is 12.0. The van der Waals surface area contributed by atoms with E-state index in [4.69, 9.17) is 11.6 Å². The molecule has 33 heavy (non-hydrogen) atoms. The lowest BCUT2D eigenvalue weighted by Gasteiger charge is -2.18. The van der Waals surface area contributed by atoms with Gasteiger partial charge in [-0.2, -0.15) is 0 Å². The number of aryl methyl sites for hydroxylation is 2. The van der Waals surface area contributed by atoms with Crippen molar-refractivity contribution < 1.29 is 4.79 Å². The number of nitrogens with one attached hydrogen (secondary N) is 1. The second kappa shape index (κ2) is 10.6. The second-order valence-electron chi connectivity index (χ2n) is 7.19. The minimum Gasteiger partial charge on any atom is -0.323 e. The SMILES string of the molecule is CCc1cccc(CC)c1-n1c(SCC(=O)Nc2cccnc2Cl)nnc1-c1cccnc1. The van der Waals surface area contributed by atoms with Crippen molar-refractivity contribution in [2.45, 2.75) is 31.8 Å². The summed E-state index contributed by atoms with van der Waals surface area (Å²) < 4.78 is 2.05.